The molecule has 7 heteroatoms. The summed E-state index contributed by atoms with van der Waals surface area (Å²) in [6, 6.07) is 13.5. The number of rotatable bonds is 6. The number of aryl methyl sites for hydroxylation is 1. The van der Waals surface area contributed by atoms with Gasteiger partial charge in [0.2, 0.25) is 5.91 Å². The van der Waals surface area contributed by atoms with Gasteiger partial charge in [-0.1, -0.05) is 36.4 Å². The summed E-state index contributed by atoms with van der Waals surface area (Å²) in [5, 5.41) is 6.05. The van der Waals surface area contributed by atoms with E-state index in [9.17, 15) is 9.59 Å². The van der Waals surface area contributed by atoms with Crippen LogP contribution in [-0.4, -0.2) is 27.6 Å². The molecule has 1 aromatic carbocycles. The molecular weight excluding hydrogens is 338 g/mol. The van der Waals surface area contributed by atoms with Gasteiger partial charge in [0, 0.05) is 13.5 Å². The summed E-state index contributed by atoms with van der Waals surface area (Å²) in [4.78, 5) is 26.8. The molecule has 2 heterocycles. The van der Waals surface area contributed by atoms with Gasteiger partial charge in [-0.25, -0.2) is 4.79 Å². The van der Waals surface area contributed by atoms with E-state index < -0.39 is 5.76 Å². The molecule has 0 spiro atoms. The number of hydrogen-bond acceptors (Lipinski definition) is 5. The quantitative estimate of drug-likeness (QED) is 0.679. The van der Waals surface area contributed by atoms with Crippen LogP contribution in [0, 0.1) is 0 Å². The Kier molecular flexibility index (Phi) is 5.14. The molecule has 130 valence electrons. The van der Waals surface area contributed by atoms with Gasteiger partial charge in [0.1, 0.15) is 0 Å². The monoisotopic (exact) mass is 357 g/mol. The third kappa shape index (κ3) is 3.88. The van der Waals surface area contributed by atoms with Crippen molar-refractivity contribution in [2.24, 2.45) is 0 Å². The summed E-state index contributed by atoms with van der Waals surface area (Å²) in [7, 11) is 1.77. The second kappa shape index (κ2) is 7.48. The van der Waals surface area contributed by atoms with E-state index in [2.05, 4.69) is 5.10 Å². The highest BCUT2D eigenvalue weighted by molar-refractivity contribution is 7.13. The van der Waals surface area contributed by atoms with Crippen molar-refractivity contribution >= 4 is 17.2 Å². The van der Waals surface area contributed by atoms with Crippen molar-refractivity contribution in [2.45, 2.75) is 25.9 Å². The van der Waals surface area contributed by atoms with E-state index in [1.54, 1.807) is 11.9 Å². The Bertz CT molecular complexity index is 884. The fourth-order valence-corrected chi connectivity index (χ4v) is 3.14. The highest BCUT2D eigenvalue weighted by Crippen LogP contribution is 2.21. The van der Waals surface area contributed by atoms with Crippen LogP contribution in [-0.2, 0) is 11.3 Å². The van der Waals surface area contributed by atoms with Crippen LogP contribution in [0.1, 0.15) is 24.9 Å². The summed E-state index contributed by atoms with van der Waals surface area (Å²) >= 11 is 1.45. The molecule has 0 aliphatic carbocycles. The van der Waals surface area contributed by atoms with E-state index in [1.807, 2.05) is 54.8 Å². The SMILES string of the molecule is C[C@H](c1ccccc1)N(C)C(=O)CCn1nc(-c2cccs2)oc1=O. The summed E-state index contributed by atoms with van der Waals surface area (Å²) in [6.45, 7) is 2.17. The van der Waals surface area contributed by atoms with Gasteiger partial charge in [-0.3, -0.25) is 4.79 Å². The second-order valence-electron chi connectivity index (χ2n) is 5.71. The Morgan fingerprint density at radius 2 is 2.04 bits per heavy atom. The maximum absolute atomic E-state index is 12.4. The number of benzene rings is 1. The lowest BCUT2D eigenvalue weighted by atomic mass is 10.1. The zero-order valence-electron chi connectivity index (χ0n) is 14.1. The van der Waals surface area contributed by atoms with Crippen LogP contribution in [0.25, 0.3) is 10.8 Å². The number of carbonyl (C=O) groups is 1. The Morgan fingerprint density at radius 3 is 2.72 bits per heavy atom. The van der Waals surface area contributed by atoms with Crippen molar-refractivity contribution in [3.8, 4) is 10.8 Å². The van der Waals surface area contributed by atoms with Gasteiger partial charge in [0.25, 0.3) is 5.89 Å². The molecule has 3 rings (SSSR count). The van der Waals surface area contributed by atoms with Crippen molar-refractivity contribution in [1.29, 1.82) is 0 Å². The summed E-state index contributed by atoms with van der Waals surface area (Å²) in [6.07, 6.45) is 0.185. The zero-order valence-corrected chi connectivity index (χ0v) is 14.9. The van der Waals surface area contributed by atoms with E-state index >= 15 is 0 Å². The predicted molar refractivity (Wildman–Crippen MR) is 96.3 cm³/mol. The molecule has 0 fully saturated rings. The Balaban J connectivity index is 1.63. The fraction of sp³-hybridized carbons (Fsp3) is 0.278. The third-order valence-corrected chi connectivity index (χ3v) is 4.99. The summed E-state index contributed by atoms with van der Waals surface area (Å²) < 4.78 is 6.35. The Hall–Kier alpha value is -2.67. The maximum Gasteiger partial charge on any atom is 0.437 e. The van der Waals surface area contributed by atoms with Crippen molar-refractivity contribution in [2.75, 3.05) is 7.05 Å². The van der Waals surface area contributed by atoms with Crippen LogP contribution in [0.4, 0.5) is 0 Å². The number of amides is 1. The Labute approximate surface area is 149 Å². The lowest BCUT2D eigenvalue weighted by molar-refractivity contribution is -0.132. The van der Waals surface area contributed by atoms with Gasteiger partial charge in [-0.05, 0) is 23.9 Å². The van der Waals surface area contributed by atoms with Crippen LogP contribution < -0.4 is 5.76 Å². The van der Waals surface area contributed by atoms with E-state index in [-0.39, 0.29) is 24.9 Å². The minimum Gasteiger partial charge on any atom is -0.387 e. The molecule has 0 radical (unpaired) electrons. The molecule has 2 aromatic heterocycles. The minimum absolute atomic E-state index is 0.0376. The topological polar surface area (TPSA) is 68.3 Å². The molecular formula is C18H19N3O3S. The van der Waals surface area contributed by atoms with Crippen molar-refractivity contribution in [3.63, 3.8) is 0 Å². The average molecular weight is 357 g/mol. The molecule has 0 saturated carbocycles. The first-order valence-corrected chi connectivity index (χ1v) is 8.86. The van der Waals surface area contributed by atoms with Gasteiger partial charge >= 0.3 is 5.76 Å². The molecule has 3 aromatic rings. The van der Waals surface area contributed by atoms with Gasteiger partial charge < -0.3 is 9.32 Å². The molecule has 6 nitrogen and oxygen atoms in total. The zero-order chi connectivity index (χ0) is 17.8. The van der Waals surface area contributed by atoms with Crippen LogP contribution in [0.3, 0.4) is 0 Å². The molecule has 25 heavy (non-hydrogen) atoms. The van der Waals surface area contributed by atoms with Crippen molar-refractivity contribution in [3.05, 3.63) is 64.0 Å². The average Bonchev–Trinajstić information content (AvgIpc) is 3.29. The molecule has 1 atom stereocenters. The number of carbonyl (C=O) groups excluding carboxylic acids is 1. The first-order chi connectivity index (χ1) is 12.1. The van der Waals surface area contributed by atoms with Crippen LogP contribution in [0.5, 0.6) is 0 Å². The molecule has 0 saturated heterocycles. The normalized spacial score (nSPS) is 12.1. The summed E-state index contributed by atoms with van der Waals surface area (Å²) in [5.74, 6) is -0.308. The molecule has 0 bridgehead atoms. The van der Waals surface area contributed by atoms with Gasteiger partial charge in [0.15, 0.2) is 0 Å². The van der Waals surface area contributed by atoms with Gasteiger partial charge in [-0.15, -0.1) is 16.4 Å². The van der Waals surface area contributed by atoms with E-state index in [0.717, 1.165) is 10.4 Å². The Morgan fingerprint density at radius 1 is 1.28 bits per heavy atom. The predicted octanol–water partition coefficient (Wildman–Crippen LogP) is 3.17. The number of hydrogen-bond donors (Lipinski definition) is 0. The van der Waals surface area contributed by atoms with E-state index in [0.29, 0.717) is 5.89 Å². The third-order valence-electron chi connectivity index (χ3n) is 4.13. The first kappa shape index (κ1) is 17.2. The fourth-order valence-electron chi connectivity index (χ4n) is 2.50. The van der Waals surface area contributed by atoms with Crippen molar-refractivity contribution < 1.29 is 9.21 Å². The molecule has 0 N–H and O–H groups in total. The largest absolute Gasteiger partial charge is 0.437 e. The van der Waals surface area contributed by atoms with E-state index in [4.69, 9.17) is 4.42 Å². The van der Waals surface area contributed by atoms with E-state index in [1.165, 1.54) is 16.0 Å². The lowest BCUT2D eigenvalue weighted by Gasteiger charge is -2.25. The number of thiophene rings is 1. The number of nitrogens with zero attached hydrogens (tertiary/aromatic N) is 3. The molecule has 0 aliphatic heterocycles. The minimum atomic E-state index is -0.546. The second-order valence-corrected chi connectivity index (χ2v) is 6.66. The molecule has 0 unspecified atom stereocenters. The lowest BCUT2D eigenvalue weighted by Crippen LogP contribution is -2.31. The maximum atomic E-state index is 12.4. The smallest absolute Gasteiger partial charge is 0.387 e. The molecule has 0 aliphatic rings. The van der Waals surface area contributed by atoms with Gasteiger partial charge in [-0.2, -0.15) is 4.68 Å². The van der Waals surface area contributed by atoms with Crippen LogP contribution in [0.15, 0.2) is 57.1 Å². The van der Waals surface area contributed by atoms with Crippen LogP contribution in [0.2, 0.25) is 0 Å². The number of aromatic nitrogens is 2. The van der Waals surface area contributed by atoms with Crippen LogP contribution >= 0.6 is 11.3 Å². The standard InChI is InChI=1S/C18H19N3O3S/c1-13(14-7-4-3-5-8-14)20(2)16(22)10-11-21-18(23)24-17(19-21)15-9-6-12-25-15/h3-9,12-13H,10-11H2,1-2H3/t13-/m1/s1. The van der Waals surface area contributed by atoms with Crippen molar-refractivity contribution in [1.82, 2.24) is 14.7 Å². The highest BCUT2D eigenvalue weighted by atomic mass is 32.1. The summed E-state index contributed by atoms with van der Waals surface area (Å²) in [5.41, 5.74) is 1.07. The highest BCUT2D eigenvalue weighted by Gasteiger charge is 2.18. The van der Waals surface area contributed by atoms with Gasteiger partial charge in [0.05, 0.1) is 17.5 Å². The molecule has 1 amide bonds. The first-order valence-electron chi connectivity index (χ1n) is 7.98.